The highest BCUT2D eigenvalue weighted by molar-refractivity contribution is 5.80. The van der Waals surface area contributed by atoms with Gasteiger partial charge in [0, 0.05) is 39.3 Å². The molecule has 6 nitrogen and oxygen atoms in total. The van der Waals surface area contributed by atoms with Gasteiger partial charge in [-0.3, -0.25) is 4.99 Å². The van der Waals surface area contributed by atoms with Gasteiger partial charge >= 0.3 is 6.09 Å². The smallest absolute Gasteiger partial charge is 0.410 e. The fourth-order valence-electron chi connectivity index (χ4n) is 4.55. The number of hydrogen-bond donors (Lipinski definition) is 1. The number of hydrogen-bond acceptors (Lipinski definition) is 3. The van der Waals surface area contributed by atoms with E-state index in [4.69, 9.17) is 9.73 Å². The Morgan fingerprint density at radius 2 is 1.96 bits per heavy atom. The van der Waals surface area contributed by atoms with Gasteiger partial charge in [0.2, 0.25) is 0 Å². The van der Waals surface area contributed by atoms with Gasteiger partial charge in [-0.2, -0.15) is 0 Å². The van der Waals surface area contributed by atoms with E-state index in [1.165, 1.54) is 25.7 Å². The second-order valence-corrected chi connectivity index (χ2v) is 9.65. The molecule has 27 heavy (non-hydrogen) atoms. The van der Waals surface area contributed by atoms with E-state index >= 15 is 0 Å². The maximum Gasteiger partial charge on any atom is 0.410 e. The number of carbonyl (C=O) groups is 1. The van der Waals surface area contributed by atoms with Crippen LogP contribution in [-0.4, -0.2) is 66.7 Å². The average molecular weight is 379 g/mol. The highest BCUT2D eigenvalue weighted by atomic mass is 16.6. The fourth-order valence-corrected chi connectivity index (χ4v) is 4.55. The van der Waals surface area contributed by atoms with E-state index in [1.807, 2.05) is 25.7 Å². The summed E-state index contributed by atoms with van der Waals surface area (Å²) in [4.78, 5) is 21.6. The third-order valence-corrected chi connectivity index (χ3v) is 6.16. The number of amides is 1. The molecule has 0 aromatic heterocycles. The van der Waals surface area contributed by atoms with Crippen molar-refractivity contribution in [3.05, 3.63) is 0 Å². The van der Waals surface area contributed by atoms with Crippen LogP contribution in [0.3, 0.4) is 0 Å². The lowest BCUT2D eigenvalue weighted by Gasteiger charge is -2.38. The lowest BCUT2D eigenvalue weighted by atomic mass is 9.68. The van der Waals surface area contributed by atoms with Crippen molar-refractivity contribution >= 4 is 12.1 Å². The number of carbonyl (C=O) groups excluding carboxylic acids is 1. The summed E-state index contributed by atoms with van der Waals surface area (Å²) in [7, 11) is 0. The number of guanidine groups is 1. The molecule has 6 heteroatoms. The summed E-state index contributed by atoms with van der Waals surface area (Å²) >= 11 is 0. The Kier molecular flexibility index (Phi) is 6.21. The summed E-state index contributed by atoms with van der Waals surface area (Å²) in [6.07, 6.45) is 7.45. The highest BCUT2D eigenvalue weighted by Gasteiger charge is 2.43. The lowest BCUT2D eigenvalue weighted by Crippen LogP contribution is -2.45. The van der Waals surface area contributed by atoms with Crippen molar-refractivity contribution < 1.29 is 9.53 Å². The normalized spacial score (nSPS) is 25.5. The SMILES string of the molecule is CCNC(=NCC1CCCN(C(=O)OC(C)(C)C)C1)N1CCC2(CCC2)C1. The van der Waals surface area contributed by atoms with Crippen LogP contribution in [0.25, 0.3) is 0 Å². The molecule has 1 amide bonds. The zero-order chi connectivity index (χ0) is 19.5. The van der Waals surface area contributed by atoms with E-state index < -0.39 is 5.60 Å². The maximum absolute atomic E-state index is 12.4. The van der Waals surface area contributed by atoms with Crippen LogP contribution in [0.2, 0.25) is 0 Å². The average Bonchev–Trinajstić information content (AvgIpc) is 3.03. The van der Waals surface area contributed by atoms with Crippen molar-refractivity contribution in [2.45, 2.75) is 71.8 Å². The Labute approximate surface area is 164 Å². The first-order valence-corrected chi connectivity index (χ1v) is 10.8. The van der Waals surface area contributed by atoms with Crippen LogP contribution in [0.15, 0.2) is 4.99 Å². The monoisotopic (exact) mass is 378 g/mol. The summed E-state index contributed by atoms with van der Waals surface area (Å²) < 4.78 is 5.54. The molecule has 0 aromatic carbocycles. The van der Waals surface area contributed by atoms with E-state index in [0.717, 1.165) is 58.1 Å². The van der Waals surface area contributed by atoms with E-state index in [0.29, 0.717) is 11.3 Å². The molecule has 3 fully saturated rings. The quantitative estimate of drug-likeness (QED) is 0.603. The summed E-state index contributed by atoms with van der Waals surface area (Å²) in [6, 6.07) is 0. The highest BCUT2D eigenvalue weighted by Crippen LogP contribution is 2.47. The molecule has 0 aromatic rings. The number of likely N-dealkylation sites (tertiary alicyclic amines) is 2. The first-order chi connectivity index (χ1) is 12.8. The van der Waals surface area contributed by atoms with Gasteiger partial charge in [0.05, 0.1) is 0 Å². The predicted octanol–water partition coefficient (Wildman–Crippen LogP) is 3.48. The standard InChI is InChI=1S/C21H38N4O2/c1-5-22-18(25-13-11-21(16-25)9-7-10-21)23-14-17-8-6-12-24(15-17)19(26)27-20(2,3)4/h17H,5-16H2,1-4H3,(H,22,23). The van der Waals surface area contributed by atoms with Crippen molar-refractivity contribution in [2.24, 2.45) is 16.3 Å². The van der Waals surface area contributed by atoms with Crippen LogP contribution in [0.1, 0.15) is 66.2 Å². The van der Waals surface area contributed by atoms with Gasteiger partial charge in [0.1, 0.15) is 5.60 Å². The first-order valence-electron chi connectivity index (χ1n) is 10.8. The van der Waals surface area contributed by atoms with Crippen LogP contribution in [0.5, 0.6) is 0 Å². The molecule has 1 saturated carbocycles. The fraction of sp³-hybridized carbons (Fsp3) is 0.905. The molecule has 2 aliphatic heterocycles. The largest absolute Gasteiger partial charge is 0.444 e. The molecule has 2 saturated heterocycles. The minimum absolute atomic E-state index is 0.186. The molecule has 1 aliphatic carbocycles. The zero-order valence-electron chi connectivity index (χ0n) is 17.7. The predicted molar refractivity (Wildman–Crippen MR) is 109 cm³/mol. The van der Waals surface area contributed by atoms with E-state index in [9.17, 15) is 4.79 Å². The molecule has 1 unspecified atom stereocenters. The van der Waals surface area contributed by atoms with Gasteiger partial charge in [-0.15, -0.1) is 0 Å². The number of piperidine rings is 1. The number of rotatable bonds is 3. The molecule has 0 bridgehead atoms. The summed E-state index contributed by atoms with van der Waals surface area (Å²) in [6.45, 7) is 13.4. The van der Waals surface area contributed by atoms with Crippen LogP contribution >= 0.6 is 0 Å². The van der Waals surface area contributed by atoms with Gasteiger partial charge in [0.25, 0.3) is 0 Å². The summed E-state index contributed by atoms with van der Waals surface area (Å²) in [5, 5.41) is 3.49. The van der Waals surface area contributed by atoms with Gasteiger partial charge in [-0.25, -0.2) is 4.79 Å². The van der Waals surface area contributed by atoms with E-state index in [-0.39, 0.29) is 6.09 Å². The van der Waals surface area contributed by atoms with E-state index in [2.05, 4.69) is 17.1 Å². The van der Waals surface area contributed by atoms with Crippen LogP contribution < -0.4 is 5.32 Å². The number of nitrogens with zero attached hydrogens (tertiary/aromatic N) is 3. The van der Waals surface area contributed by atoms with Gasteiger partial charge in [-0.05, 0) is 71.1 Å². The molecule has 1 atom stereocenters. The Hall–Kier alpha value is -1.46. The van der Waals surface area contributed by atoms with Crippen LogP contribution in [0, 0.1) is 11.3 Å². The molecule has 0 radical (unpaired) electrons. The molecular formula is C21H38N4O2. The lowest BCUT2D eigenvalue weighted by molar-refractivity contribution is 0.0170. The number of ether oxygens (including phenoxy) is 1. The molecular weight excluding hydrogens is 340 g/mol. The third kappa shape index (κ3) is 5.29. The van der Waals surface area contributed by atoms with Gasteiger partial charge in [-0.1, -0.05) is 6.42 Å². The first kappa shape index (κ1) is 20.3. The van der Waals surface area contributed by atoms with Crippen molar-refractivity contribution in [1.29, 1.82) is 0 Å². The minimum atomic E-state index is -0.437. The molecule has 3 rings (SSSR count). The van der Waals surface area contributed by atoms with Crippen LogP contribution in [0.4, 0.5) is 4.79 Å². The maximum atomic E-state index is 12.4. The Morgan fingerprint density at radius 1 is 1.19 bits per heavy atom. The van der Waals surface area contributed by atoms with Crippen molar-refractivity contribution in [3.63, 3.8) is 0 Å². The molecule has 1 spiro atoms. The summed E-state index contributed by atoms with van der Waals surface area (Å²) in [5.41, 5.74) is 0.141. The van der Waals surface area contributed by atoms with Crippen molar-refractivity contribution in [3.8, 4) is 0 Å². The van der Waals surface area contributed by atoms with Gasteiger partial charge in [0.15, 0.2) is 5.96 Å². The second kappa shape index (κ2) is 8.27. The summed E-state index contributed by atoms with van der Waals surface area (Å²) in [5.74, 6) is 1.48. The minimum Gasteiger partial charge on any atom is -0.444 e. The molecule has 1 N–H and O–H groups in total. The van der Waals surface area contributed by atoms with Gasteiger partial charge < -0.3 is 19.9 Å². The van der Waals surface area contributed by atoms with Crippen LogP contribution in [-0.2, 0) is 4.74 Å². The molecule has 3 aliphatic rings. The third-order valence-electron chi connectivity index (χ3n) is 6.16. The Balaban J connectivity index is 1.55. The molecule has 154 valence electrons. The number of aliphatic imine (C=N–C) groups is 1. The van der Waals surface area contributed by atoms with Crippen molar-refractivity contribution in [1.82, 2.24) is 15.1 Å². The zero-order valence-corrected chi connectivity index (χ0v) is 17.7. The second-order valence-electron chi connectivity index (χ2n) is 9.65. The Morgan fingerprint density at radius 3 is 2.56 bits per heavy atom. The number of nitrogens with one attached hydrogen (secondary N) is 1. The Bertz CT molecular complexity index is 551. The molecule has 2 heterocycles. The topological polar surface area (TPSA) is 57.2 Å². The van der Waals surface area contributed by atoms with E-state index in [1.54, 1.807) is 0 Å². The van der Waals surface area contributed by atoms with Crippen molar-refractivity contribution in [2.75, 3.05) is 39.3 Å².